The molecule has 5 atom stereocenters. The van der Waals surface area contributed by atoms with Crippen LogP contribution in [-0.2, 0) is 40.0 Å². The predicted octanol–water partition coefficient (Wildman–Crippen LogP) is 5.85. The van der Waals surface area contributed by atoms with Crippen molar-refractivity contribution in [1.29, 1.82) is 0 Å². The number of ether oxygens (including phenoxy) is 3. The number of fused-ring (bicyclic) bond motifs is 3. The fraction of sp³-hybridized carbons (Fsp3) is 0.742. The van der Waals surface area contributed by atoms with E-state index in [1.54, 1.807) is 7.11 Å². The van der Waals surface area contributed by atoms with E-state index in [-0.39, 0.29) is 40.0 Å². The summed E-state index contributed by atoms with van der Waals surface area (Å²) in [5, 5.41) is 0. The maximum atomic E-state index is 13.5. The second-order valence-electron chi connectivity index (χ2n) is 14.3. The van der Waals surface area contributed by atoms with Gasteiger partial charge in [-0.3, -0.25) is 4.79 Å². The summed E-state index contributed by atoms with van der Waals surface area (Å²) in [6, 6.07) is 7.04. The van der Waals surface area contributed by atoms with E-state index in [0.29, 0.717) is 26.1 Å². The smallest absolute Gasteiger partial charge is 0.351 e. The highest BCUT2D eigenvalue weighted by Crippen LogP contribution is 2.66. The molecule has 0 amide bonds. The molecule has 1 heterocycles. The van der Waals surface area contributed by atoms with Crippen LogP contribution in [0.25, 0.3) is 0 Å². The third-order valence-corrected chi connectivity index (χ3v) is 11.5. The molecule has 3 fully saturated rings. The zero-order valence-electron chi connectivity index (χ0n) is 23.7. The van der Waals surface area contributed by atoms with Gasteiger partial charge in [-0.25, -0.2) is 4.79 Å². The summed E-state index contributed by atoms with van der Waals surface area (Å²) in [5.74, 6) is -0.244. The highest BCUT2D eigenvalue weighted by atomic mass is 16.6. The van der Waals surface area contributed by atoms with Gasteiger partial charge >= 0.3 is 11.9 Å². The minimum Gasteiger partial charge on any atom is -0.462 e. The Morgan fingerprint density at radius 2 is 1.50 bits per heavy atom. The number of carbonyl (C=O) groups is 2. The molecule has 1 saturated heterocycles. The second-order valence-corrected chi connectivity index (χ2v) is 14.3. The maximum absolute atomic E-state index is 13.5. The van der Waals surface area contributed by atoms with E-state index in [4.69, 9.17) is 14.2 Å². The molecule has 5 rings (SSSR count). The normalized spacial score (nSPS) is 38.9. The molecular formula is C31H44O5. The highest BCUT2D eigenvalue weighted by Gasteiger charge is 2.76. The van der Waals surface area contributed by atoms with Crippen molar-refractivity contribution in [2.75, 3.05) is 20.3 Å². The third-order valence-electron chi connectivity index (χ3n) is 11.5. The number of hydrogen-bond acceptors (Lipinski definition) is 5. The maximum Gasteiger partial charge on any atom is 0.351 e. The zero-order valence-corrected chi connectivity index (χ0v) is 23.7. The van der Waals surface area contributed by atoms with Gasteiger partial charge in [-0.1, -0.05) is 66.7 Å². The van der Waals surface area contributed by atoms with Gasteiger partial charge < -0.3 is 14.2 Å². The Balaban J connectivity index is 1.40. The van der Waals surface area contributed by atoms with Crippen molar-refractivity contribution in [3.63, 3.8) is 0 Å². The van der Waals surface area contributed by atoms with Crippen molar-refractivity contribution >= 4 is 11.9 Å². The van der Waals surface area contributed by atoms with Gasteiger partial charge in [0.1, 0.15) is 0 Å². The van der Waals surface area contributed by atoms with Crippen LogP contribution in [0.5, 0.6) is 0 Å². The molecule has 1 aromatic carbocycles. The van der Waals surface area contributed by atoms with E-state index >= 15 is 0 Å². The average Bonchev–Trinajstić information content (AvgIpc) is 3.27. The van der Waals surface area contributed by atoms with E-state index in [0.717, 1.165) is 0 Å². The molecule has 5 heteroatoms. The van der Waals surface area contributed by atoms with Crippen LogP contribution in [0, 0.1) is 22.7 Å². The van der Waals surface area contributed by atoms with Crippen LogP contribution in [-0.4, -0.2) is 37.9 Å². The van der Waals surface area contributed by atoms with E-state index in [9.17, 15) is 9.59 Å². The average molecular weight is 497 g/mol. The number of methoxy groups -OCH3 is 1. The number of rotatable bonds is 6. The van der Waals surface area contributed by atoms with E-state index in [2.05, 4.69) is 52.8 Å². The van der Waals surface area contributed by atoms with Crippen LogP contribution >= 0.6 is 0 Å². The van der Waals surface area contributed by atoms with Crippen molar-refractivity contribution in [1.82, 2.24) is 0 Å². The number of carbonyl (C=O) groups excluding carboxylic acids is 2. The first-order valence-corrected chi connectivity index (χ1v) is 13.6. The first kappa shape index (κ1) is 25.8. The molecule has 1 aromatic rings. The summed E-state index contributed by atoms with van der Waals surface area (Å²) in [6.45, 7) is 18.5. The van der Waals surface area contributed by atoms with Crippen LogP contribution in [0.2, 0.25) is 0 Å². The Kier molecular flexibility index (Phi) is 5.43. The molecule has 2 saturated carbocycles. The van der Waals surface area contributed by atoms with Gasteiger partial charge in [0.25, 0.3) is 0 Å². The minimum atomic E-state index is -1.18. The topological polar surface area (TPSA) is 61.8 Å². The quantitative estimate of drug-likeness (QED) is 0.462. The summed E-state index contributed by atoms with van der Waals surface area (Å²) < 4.78 is 17.4. The highest BCUT2D eigenvalue weighted by molar-refractivity contribution is 5.93. The second kappa shape index (κ2) is 7.58. The van der Waals surface area contributed by atoms with Crippen molar-refractivity contribution in [3.8, 4) is 0 Å². The van der Waals surface area contributed by atoms with Crippen molar-refractivity contribution < 1.29 is 23.8 Å². The molecule has 3 aliphatic carbocycles. The lowest BCUT2D eigenvalue weighted by atomic mass is 9.62. The Hall–Kier alpha value is -1.88. The molecule has 5 nitrogen and oxygen atoms in total. The largest absolute Gasteiger partial charge is 0.462 e. The van der Waals surface area contributed by atoms with Gasteiger partial charge in [0, 0.05) is 23.9 Å². The van der Waals surface area contributed by atoms with Crippen molar-refractivity contribution in [2.24, 2.45) is 22.7 Å². The van der Waals surface area contributed by atoms with Gasteiger partial charge in [-0.2, -0.15) is 0 Å². The SMILES string of the molecule is COCC1C(COC(=O)[C@@]23CCC(C)(C(=O)O2)C3(C)C)C1(C)c1ccc2c(c1)C(C)(C)CCC2(C)C. The zero-order chi connectivity index (χ0) is 26.5. The molecule has 36 heavy (non-hydrogen) atoms. The van der Waals surface area contributed by atoms with Crippen molar-refractivity contribution in [2.45, 2.75) is 103 Å². The van der Waals surface area contributed by atoms with Crippen LogP contribution in [0.4, 0.5) is 0 Å². The summed E-state index contributed by atoms with van der Waals surface area (Å²) in [4.78, 5) is 26.1. The molecule has 0 radical (unpaired) electrons. The number of hydrogen-bond donors (Lipinski definition) is 0. The van der Waals surface area contributed by atoms with E-state index in [1.807, 2.05) is 20.8 Å². The number of benzene rings is 1. The molecule has 2 bridgehead atoms. The Bertz CT molecular complexity index is 1120. The van der Waals surface area contributed by atoms with Crippen LogP contribution < -0.4 is 0 Å². The number of esters is 2. The van der Waals surface area contributed by atoms with Crippen LogP contribution in [0.15, 0.2) is 18.2 Å². The van der Waals surface area contributed by atoms with Gasteiger partial charge in [0.15, 0.2) is 0 Å². The molecular weight excluding hydrogens is 452 g/mol. The van der Waals surface area contributed by atoms with Gasteiger partial charge in [0.05, 0.1) is 18.6 Å². The fourth-order valence-corrected chi connectivity index (χ4v) is 7.79. The summed E-state index contributed by atoms with van der Waals surface area (Å²) in [7, 11) is 1.74. The molecule has 4 unspecified atom stereocenters. The molecule has 1 aliphatic heterocycles. The molecule has 0 aromatic heterocycles. The first-order valence-electron chi connectivity index (χ1n) is 13.6. The Labute approximate surface area is 216 Å². The fourth-order valence-electron chi connectivity index (χ4n) is 7.79. The first-order chi connectivity index (χ1) is 16.6. The molecule has 0 N–H and O–H groups in total. The molecule has 4 aliphatic rings. The summed E-state index contributed by atoms with van der Waals surface area (Å²) in [5.41, 5.74) is 1.97. The Morgan fingerprint density at radius 3 is 2.06 bits per heavy atom. The predicted molar refractivity (Wildman–Crippen MR) is 139 cm³/mol. The minimum absolute atomic E-state index is 0.132. The third kappa shape index (κ3) is 3.10. The monoisotopic (exact) mass is 496 g/mol. The summed E-state index contributed by atoms with van der Waals surface area (Å²) in [6.07, 6.45) is 3.55. The lowest BCUT2D eigenvalue weighted by molar-refractivity contribution is -0.183. The molecule has 0 spiro atoms. The standard InChI is InChI=1S/C31H44O5/c1-26(2)12-13-27(3,4)21-16-19(10-11-20(21)26)30(8)22(17-34-9)23(30)18-35-25(33)31-15-14-29(7,24(32)36-31)28(31,5)6/h10-11,16,22-23H,12-15,17-18H2,1-9H3/t22?,23?,29?,30?,31-/m1/s1. The van der Waals surface area contributed by atoms with E-state index < -0.39 is 16.4 Å². The molecule has 198 valence electrons. The lowest BCUT2D eigenvalue weighted by Gasteiger charge is -2.42. The van der Waals surface area contributed by atoms with Crippen LogP contribution in [0.1, 0.15) is 97.8 Å². The lowest BCUT2D eigenvalue weighted by Crippen LogP contribution is -2.49. The van der Waals surface area contributed by atoms with Crippen molar-refractivity contribution in [3.05, 3.63) is 34.9 Å². The summed E-state index contributed by atoms with van der Waals surface area (Å²) >= 11 is 0. The Morgan fingerprint density at radius 1 is 0.889 bits per heavy atom. The van der Waals surface area contributed by atoms with E-state index in [1.165, 1.54) is 29.5 Å². The van der Waals surface area contributed by atoms with Gasteiger partial charge in [-0.15, -0.1) is 0 Å². The van der Waals surface area contributed by atoms with Gasteiger partial charge in [0.2, 0.25) is 5.60 Å². The van der Waals surface area contributed by atoms with Gasteiger partial charge in [-0.05, 0) is 66.0 Å². The van der Waals surface area contributed by atoms with Crippen LogP contribution in [0.3, 0.4) is 0 Å².